The zero-order chi connectivity index (χ0) is 24.2. The number of hydrogen-bond acceptors (Lipinski definition) is 8. The molecule has 0 aliphatic heterocycles. The molecule has 2 aromatic carbocycles. The van der Waals surface area contributed by atoms with Gasteiger partial charge in [0.1, 0.15) is 35.2 Å². The molecule has 34 heavy (non-hydrogen) atoms. The number of aromatic hydroxyl groups is 1. The van der Waals surface area contributed by atoms with Gasteiger partial charge in [-0.05, 0) is 30.3 Å². The van der Waals surface area contributed by atoms with E-state index in [1.807, 2.05) is 24.3 Å². The van der Waals surface area contributed by atoms with Crippen LogP contribution in [0.5, 0.6) is 5.75 Å². The van der Waals surface area contributed by atoms with E-state index in [1.165, 1.54) is 11.2 Å². The zero-order valence-corrected chi connectivity index (χ0v) is 18.4. The summed E-state index contributed by atoms with van der Waals surface area (Å²) in [6.07, 6.45) is 1.35. The van der Waals surface area contributed by atoms with Crippen molar-refractivity contribution in [2.45, 2.75) is 6.54 Å². The number of nitrogens with zero attached hydrogens (tertiary/aromatic N) is 6. The second-order valence-corrected chi connectivity index (χ2v) is 7.39. The van der Waals surface area contributed by atoms with Gasteiger partial charge in [0, 0.05) is 24.8 Å². The third-order valence-electron chi connectivity index (χ3n) is 5.34. The van der Waals surface area contributed by atoms with Crippen LogP contribution in [-0.4, -0.2) is 44.4 Å². The van der Waals surface area contributed by atoms with Gasteiger partial charge < -0.3 is 21.1 Å². The molecule has 4 rings (SSSR count). The molecular weight excluding hydrogens is 432 g/mol. The highest BCUT2D eigenvalue weighted by molar-refractivity contribution is 6.07. The van der Waals surface area contributed by atoms with Gasteiger partial charge in [-0.1, -0.05) is 24.8 Å². The number of nitrogens with one attached hydrogen (secondary N) is 1. The van der Waals surface area contributed by atoms with Crippen molar-refractivity contribution >= 4 is 34.1 Å². The Bertz CT molecular complexity index is 1420. The molecule has 4 N–H and O–H groups in total. The van der Waals surface area contributed by atoms with Crippen LogP contribution in [0.15, 0.2) is 67.0 Å². The van der Waals surface area contributed by atoms with E-state index in [2.05, 4.69) is 21.9 Å². The first-order chi connectivity index (χ1) is 16.4. The fraction of sp³-hybridized carbons (Fsp3) is 0.125. The maximum Gasteiger partial charge on any atom is 0.268 e. The Hall–Kier alpha value is -4.91. The van der Waals surface area contributed by atoms with E-state index in [-0.39, 0.29) is 30.2 Å². The number of amides is 1. The predicted octanol–water partition coefficient (Wildman–Crippen LogP) is 2.94. The number of rotatable bonds is 7. The van der Waals surface area contributed by atoms with Crippen LogP contribution < -0.4 is 16.0 Å². The summed E-state index contributed by atoms with van der Waals surface area (Å²) in [5.41, 5.74) is 8.94. The normalized spacial score (nSPS) is 10.6. The van der Waals surface area contributed by atoms with Crippen molar-refractivity contribution in [3.63, 3.8) is 0 Å². The first kappa shape index (κ1) is 22.3. The van der Waals surface area contributed by atoms with Gasteiger partial charge in [0.15, 0.2) is 5.65 Å². The van der Waals surface area contributed by atoms with Gasteiger partial charge in [-0.3, -0.25) is 4.79 Å². The van der Waals surface area contributed by atoms with Gasteiger partial charge in [-0.25, -0.2) is 14.6 Å². The summed E-state index contributed by atoms with van der Waals surface area (Å²) in [7, 11) is 1.71. The Labute approximate surface area is 195 Å². The summed E-state index contributed by atoms with van der Waals surface area (Å²) >= 11 is 0. The largest absolute Gasteiger partial charge is 0.506 e. The number of fused-ring (bicyclic) bond motifs is 1. The molecule has 1 amide bonds. The number of carbonyl (C=O) groups is 1. The molecule has 2 aromatic heterocycles. The first-order valence-electron chi connectivity index (χ1n) is 10.4. The van der Waals surface area contributed by atoms with Gasteiger partial charge in [-0.2, -0.15) is 10.4 Å². The highest BCUT2D eigenvalue weighted by Gasteiger charge is 2.22. The minimum atomic E-state index is -0.489. The minimum Gasteiger partial charge on any atom is -0.506 e. The first-order valence-corrected chi connectivity index (χ1v) is 10.4. The van der Waals surface area contributed by atoms with Gasteiger partial charge in [0.05, 0.1) is 17.6 Å². The number of aromatic nitrogens is 4. The van der Waals surface area contributed by atoms with Crippen molar-refractivity contribution in [2.75, 3.05) is 29.5 Å². The lowest BCUT2D eigenvalue weighted by molar-refractivity contribution is -0.114. The molecular formula is C24H22N8O2. The lowest BCUT2D eigenvalue weighted by Gasteiger charge is -2.22. The Balaban J connectivity index is 1.75. The van der Waals surface area contributed by atoms with Crippen LogP contribution in [0.1, 0.15) is 0 Å². The maximum absolute atomic E-state index is 12.8. The molecule has 0 fully saturated rings. The van der Waals surface area contributed by atoms with E-state index in [0.717, 1.165) is 0 Å². The van der Waals surface area contributed by atoms with Crippen LogP contribution in [-0.2, 0) is 11.3 Å². The monoisotopic (exact) mass is 454 g/mol. The average molecular weight is 454 g/mol. The summed E-state index contributed by atoms with van der Waals surface area (Å²) < 4.78 is 1.65. The Morgan fingerprint density at radius 2 is 2.03 bits per heavy atom. The van der Waals surface area contributed by atoms with E-state index in [9.17, 15) is 15.2 Å². The topological polar surface area (TPSA) is 146 Å². The Morgan fingerprint density at radius 3 is 2.74 bits per heavy atom. The van der Waals surface area contributed by atoms with Gasteiger partial charge >= 0.3 is 0 Å². The van der Waals surface area contributed by atoms with Crippen molar-refractivity contribution in [3.8, 4) is 23.1 Å². The van der Waals surface area contributed by atoms with Gasteiger partial charge in [-0.15, -0.1) is 0 Å². The second kappa shape index (κ2) is 9.30. The lowest BCUT2D eigenvalue weighted by Crippen LogP contribution is -2.34. The second-order valence-electron chi connectivity index (χ2n) is 7.39. The number of phenols is 1. The fourth-order valence-corrected chi connectivity index (χ4v) is 3.63. The number of nitrogens with two attached hydrogens (primary N) is 1. The number of benzene rings is 2. The highest BCUT2D eigenvalue weighted by atomic mass is 16.3. The Morgan fingerprint density at radius 1 is 1.26 bits per heavy atom. The number of hydrogen-bond donors (Lipinski definition) is 3. The van der Waals surface area contributed by atoms with Crippen LogP contribution >= 0.6 is 0 Å². The van der Waals surface area contributed by atoms with E-state index in [4.69, 9.17) is 10.8 Å². The number of nitriles is 1. The summed E-state index contributed by atoms with van der Waals surface area (Å²) in [6, 6.07) is 15.9. The molecule has 0 aliphatic rings. The fourth-order valence-electron chi connectivity index (χ4n) is 3.63. The smallest absolute Gasteiger partial charge is 0.268 e. The highest BCUT2D eigenvalue weighted by Crippen LogP contribution is 2.34. The van der Waals surface area contributed by atoms with E-state index >= 15 is 0 Å². The van der Waals surface area contributed by atoms with Crippen molar-refractivity contribution in [1.82, 2.24) is 19.7 Å². The zero-order valence-electron chi connectivity index (χ0n) is 18.4. The average Bonchev–Trinajstić information content (AvgIpc) is 3.24. The third kappa shape index (κ3) is 4.10. The van der Waals surface area contributed by atoms with Crippen LogP contribution in [0.25, 0.3) is 22.3 Å². The summed E-state index contributed by atoms with van der Waals surface area (Å²) in [5.74, 6) is -0.121. The van der Waals surface area contributed by atoms with E-state index in [1.54, 1.807) is 42.1 Å². The summed E-state index contributed by atoms with van der Waals surface area (Å²) in [4.78, 5) is 22.8. The maximum atomic E-state index is 12.8. The molecule has 0 bridgehead atoms. The van der Waals surface area contributed by atoms with E-state index < -0.39 is 5.91 Å². The van der Waals surface area contributed by atoms with Gasteiger partial charge in [0.2, 0.25) is 0 Å². The van der Waals surface area contributed by atoms with Crippen molar-refractivity contribution in [2.24, 2.45) is 0 Å². The lowest BCUT2D eigenvalue weighted by atomic mass is 10.1. The molecule has 0 radical (unpaired) electrons. The molecule has 0 spiro atoms. The number of nitrogen functional groups attached to an aromatic ring is 1. The quantitative estimate of drug-likeness (QED) is 0.219. The van der Waals surface area contributed by atoms with Crippen LogP contribution in [0.2, 0.25) is 0 Å². The predicted molar refractivity (Wildman–Crippen MR) is 130 cm³/mol. The molecule has 0 saturated heterocycles. The molecule has 4 aromatic rings. The van der Waals surface area contributed by atoms with Crippen molar-refractivity contribution < 1.29 is 9.90 Å². The van der Waals surface area contributed by atoms with Crippen LogP contribution in [0, 0.1) is 11.3 Å². The van der Waals surface area contributed by atoms with Crippen LogP contribution in [0.4, 0.5) is 17.2 Å². The number of phenolic OH excluding ortho intramolecular Hbond substituents is 1. The molecule has 0 aliphatic carbocycles. The summed E-state index contributed by atoms with van der Waals surface area (Å²) in [6.45, 7) is 4.04. The van der Waals surface area contributed by atoms with Crippen LogP contribution in [0.3, 0.4) is 0 Å². The molecule has 0 saturated carbocycles. The molecule has 0 unspecified atom stereocenters. The number of anilines is 3. The minimum absolute atomic E-state index is 0.106. The Kier molecular flexibility index (Phi) is 6.09. The number of para-hydroxylation sites is 1. The standard InChI is InChI=1S/C24H22N8O2/c1-15(13-25)24(34)31(17-6-4-3-5-7-17)10-11-32-23-20(22(26)28-14-29-23)21(30-32)16-8-9-19(33)18(12-16)27-2/h3-9,12,14,27,33H,1,10-11H2,2H3,(H2,26,28,29). The van der Waals surface area contributed by atoms with E-state index in [0.29, 0.717) is 33.7 Å². The molecule has 0 atom stereocenters. The van der Waals surface area contributed by atoms with Gasteiger partial charge in [0.25, 0.3) is 5.91 Å². The van der Waals surface area contributed by atoms with Crippen molar-refractivity contribution in [3.05, 3.63) is 67.0 Å². The molecule has 170 valence electrons. The summed E-state index contributed by atoms with van der Waals surface area (Å²) in [5, 5.41) is 27.4. The SMILES string of the molecule is C=C(C#N)C(=O)N(CCn1nc(-c2ccc(O)c(NC)c2)c2c(N)ncnc21)c1ccccc1. The molecule has 10 nitrogen and oxygen atoms in total. The number of carbonyl (C=O) groups excluding carboxylic acids is 1. The molecule has 2 heterocycles. The molecule has 10 heteroatoms. The third-order valence-corrected chi connectivity index (χ3v) is 5.34. The van der Waals surface area contributed by atoms with Crippen molar-refractivity contribution in [1.29, 1.82) is 5.26 Å².